The van der Waals surface area contributed by atoms with Crippen molar-refractivity contribution in [2.75, 3.05) is 24.5 Å². The number of anilines is 1. The van der Waals surface area contributed by atoms with Crippen molar-refractivity contribution < 1.29 is 9.18 Å². The Morgan fingerprint density at radius 3 is 2.86 bits per heavy atom. The van der Waals surface area contributed by atoms with Crippen molar-refractivity contribution in [3.05, 3.63) is 29.6 Å². The Kier molecular flexibility index (Phi) is 4.83. The molecule has 0 spiro atoms. The highest BCUT2D eigenvalue weighted by atomic mass is 19.1. The fraction of sp³-hybridized carbons (Fsp3) is 0.562. The maximum absolute atomic E-state index is 14.2. The average Bonchev–Trinajstić information content (AvgIpc) is 2.60. The van der Waals surface area contributed by atoms with E-state index in [9.17, 15) is 9.18 Å². The van der Waals surface area contributed by atoms with Crippen LogP contribution in [0.1, 0.15) is 32.8 Å². The maximum Gasteiger partial charge on any atom is 0.239 e. The molecule has 1 aromatic rings. The lowest BCUT2D eigenvalue weighted by atomic mass is 10.1. The summed E-state index contributed by atoms with van der Waals surface area (Å²) in [6.07, 6.45) is 0.869. The topological polar surface area (TPSA) is 44.4 Å². The number of hydrogen-bond acceptors (Lipinski definition) is 3. The molecule has 1 fully saturated rings. The van der Waals surface area contributed by atoms with Crippen molar-refractivity contribution >= 4 is 11.6 Å². The van der Waals surface area contributed by atoms with Crippen LogP contribution in [0.3, 0.4) is 0 Å². The van der Waals surface area contributed by atoms with Crippen LogP contribution in [0.15, 0.2) is 18.2 Å². The van der Waals surface area contributed by atoms with E-state index in [-0.39, 0.29) is 23.8 Å². The fourth-order valence-electron chi connectivity index (χ4n) is 2.38. The molecular formula is C16H24FN3O. The van der Waals surface area contributed by atoms with Crippen LogP contribution >= 0.6 is 0 Å². The van der Waals surface area contributed by atoms with Gasteiger partial charge in [0.05, 0.1) is 6.54 Å². The van der Waals surface area contributed by atoms with Gasteiger partial charge in [-0.2, -0.15) is 0 Å². The van der Waals surface area contributed by atoms with Crippen molar-refractivity contribution in [2.45, 2.75) is 39.3 Å². The SMILES string of the molecule is CC(C)(C)NCc1c(F)cccc1N1CCCNC(=O)C1. The first-order valence-corrected chi connectivity index (χ1v) is 7.41. The molecular weight excluding hydrogens is 269 g/mol. The number of carbonyl (C=O) groups excluding carboxylic acids is 1. The standard InChI is InChI=1S/C16H24FN3O/c1-16(2,3)19-10-12-13(17)6-4-7-14(12)20-9-5-8-18-15(21)11-20/h4,6-7,19H,5,8-11H2,1-3H3,(H,18,21). The highest BCUT2D eigenvalue weighted by molar-refractivity contribution is 5.82. The molecule has 1 heterocycles. The molecule has 5 heteroatoms. The third kappa shape index (κ3) is 4.43. The normalized spacial score (nSPS) is 16.6. The van der Waals surface area contributed by atoms with E-state index in [2.05, 4.69) is 10.6 Å². The van der Waals surface area contributed by atoms with Crippen LogP contribution in [0.5, 0.6) is 0 Å². The molecule has 4 nitrogen and oxygen atoms in total. The molecule has 1 saturated heterocycles. The fourth-order valence-corrected chi connectivity index (χ4v) is 2.38. The van der Waals surface area contributed by atoms with Gasteiger partial charge in [-0.05, 0) is 39.3 Å². The predicted octanol–water partition coefficient (Wildman–Crippen LogP) is 2.04. The lowest BCUT2D eigenvalue weighted by Gasteiger charge is -2.27. The summed E-state index contributed by atoms with van der Waals surface area (Å²) in [5.74, 6) is -0.236. The molecule has 21 heavy (non-hydrogen) atoms. The summed E-state index contributed by atoms with van der Waals surface area (Å²) in [5, 5.41) is 6.16. The van der Waals surface area contributed by atoms with Gasteiger partial charge in [-0.25, -0.2) is 4.39 Å². The van der Waals surface area contributed by atoms with Crippen LogP contribution in [0.25, 0.3) is 0 Å². The van der Waals surface area contributed by atoms with E-state index in [0.717, 1.165) is 18.7 Å². The van der Waals surface area contributed by atoms with Crippen LogP contribution in [-0.2, 0) is 11.3 Å². The van der Waals surface area contributed by atoms with Crippen LogP contribution < -0.4 is 15.5 Å². The zero-order valence-electron chi connectivity index (χ0n) is 13.0. The minimum atomic E-state index is -0.228. The number of amides is 1. The number of hydrogen-bond donors (Lipinski definition) is 2. The summed E-state index contributed by atoms with van der Waals surface area (Å²) in [4.78, 5) is 13.7. The molecule has 0 unspecified atom stereocenters. The maximum atomic E-state index is 14.2. The first-order valence-electron chi connectivity index (χ1n) is 7.41. The van der Waals surface area contributed by atoms with Crippen molar-refractivity contribution in [1.82, 2.24) is 10.6 Å². The van der Waals surface area contributed by atoms with Gasteiger partial charge < -0.3 is 15.5 Å². The Balaban J connectivity index is 2.25. The quantitative estimate of drug-likeness (QED) is 0.896. The van der Waals surface area contributed by atoms with Gasteiger partial charge in [0.25, 0.3) is 0 Å². The van der Waals surface area contributed by atoms with E-state index in [0.29, 0.717) is 18.7 Å². The Morgan fingerprint density at radius 1 is 1.38 bits per heavy atom. The van der Waals surface area contributed by atoms with E-state index in [1.54, 1.807) is 6.07 Å². The van der Waals surface area contributed by atoms with E-state index < -0.39 is 0 Å². The van der Waals surface area contributed by atoms with Gasteiger partial charge >= 0.3 is 0 Å². The second kappa shape index (κ2) is 6.43. The lowest BCUT2D eigenvalue weighted by Crippen LogP contribution is -2.37. The number of nitrogens with zero attached hydrogens (tertiary/aromatic N) is 1. The number of halogens is 1. The molecule has 0 radical (unpaired) electrons. The van der Waals surface area contributed by atoms with Gasteiger partial charge in [0.2, 0.25) is 5.91 Å². The van der Waals surface area contributed by atoms with Crippen molar-refractivity contribution in [3.8, 4) is 0 Å². The first kappa shape index (κ1) is 15.8. The molecule has 1 amide bonds. The number of rotatable bonds is 3. The van der Waals surface area contributed by atoms with Gasteiger partial charge in [0.1, 0.15) is 5.82 Å². The molecule has 0 aromatic heterocycles. The molecule has 116 valence electrons. The summed E-state index contributed by atoms with van der Waals surface area (Å²) in [6.45, 7) is 8.31. The summed E-state index contributed by atoms with van der Waals surface area (Å²) in [7, 11) is 0. The van der Waals surface area contributed by atoms with Crippen LogP contribution in [0, 0.1) is 5.82 Å². The summed E-state index contributed by atoms with van der Waals surface area (Å²) in [6, 6.07) is 5.07. The van der Waals surface area contributed by atoms with Crippen LogP contribution in [-0.4, -0.2) is 31.1 Å². The zero-order chi connectivity index (χ0) is 15.5. The van der Waals surface area contributed by atoms with Crippen LogP contribution in [0.2, 0.25) is 0 Å². The molecule has 0 aliphatic carbocycles. The zero-order valence-corrected chi connectivity index (χ0v) is 13.0. The predicted molar refractivity (Wildman–Crippen MR) is 82.8 cm³/mol. The van der Waals surface area contributed by atoms with Crippen molar-refractivity contribution in [1.29, 1.82) is 0 Å². The van der Waals surface area contributed by atoms with Gasteiger partial charge in [0.15, 0.2) is 0 Å². The van der Waals surface area contributed by atoms with Crippen molar-refractivity contribution in [2.24, 2.45) is 0 Å². The molecule has 1 aliphatic heterocycles. The minimum Gasteiger partial charge on any atom is -0.362 e. The Labute approximate surface area is 125 Å². The highest BCUT2D eigenvalue weighted by Gasteiger charge is 2.20. The van der Waals surface area contributed by atoms with Gasteiger partial charge in [-0.15, -0.1) is 0 Å². The summed E-state index contributed by atoms with van der Waals surface area (Å²) < 4.78 is 14.2. The van der Waals surface area contributed by atoms with Crippen LogP contribution in [0.4, 0.5) is 10.1 Å². The van der Waals surface area contributed by atoms with Gasteiger partial charge in [-0.1, -0.05) is 6.07 Å². The first-order chi connectivity index (χ1) is 9.87. The second-order valence-corrected chi connectivity index (χ2v) is 6.47. The smallest absolute Gasteiger partial charge is 0.239 e. The molecule has 0 saturated carbocycles. The van der Waals surface area contributed by atoms with Gasteiger partial charge in [0, 0.05) is 36.4 Å². The molecule has 0 atom stereocenters. The second-order valence-electron chi connectivity index (χ2n) is 6.47. The molecule has 0 bridgehead atoms. The van der Waals surface area contributed by atoms with E-state index >= 15 is 0 Å². The largest absolute Gasteiger partial charge is 0.362 e. The average molecular weight is 293 g/mol. The number of nitrogens with one attached hydrogen (secondary N) is 2. The summed E-state index contributed by atoms with van der Waals surface area (Å²) in [5.41, 5.74) is 1.35. The van der Waals surface area contributed by atoms with Gasteiger partial charge in [-0.3, -0.25) is 4.79 Å². The summed E-state index contributed by atoms with van der Waals surface area (Å²) >= 11 is 0. The van der Waals surface area contributed by atoms with E-state index in [1.165, 1.54) is 6.07 Å². The molecule has 1 aromatic carbocycles. The highest BCUT2D eigenvalue weighted by Crippen LogP contribution is 2.24. The van der Waals surface area contributed by atoms with E-state index in [1.807, 2.05) is 31.7 Å². The number of carbonyl (C=O) groups is 1. The lowest BCUT2D eigenvalue weighted by molar-refractivity contribution is -0.119. The molecule has 2 rings (SSSR count). The Hall–Kier alpha value is -1.62. The molecule has 2 N–H and O–H groups in total. The molecule has 1 aliphatic rings. The van der Waals surface area contributed by atoms with E-state index in [4.69, 9.17) is 0 Å². The Bertz CT molecular complexity index is 511. The van der Waals surface area contributed by atoms with Crippen molar-refractivity contribution in [3.63, 3.8) is 0 Å². The Morgan fingerprint density at radius 2 is 2.14 bits per heavy atom. The monoisotopic (exact) mass is 293 g/mol. The minimum absolute atomic E-state index is 0.00788. The number of benzene rings is 1. The third-order valence-electron chi connectivity index (χ3n) is 3.49. The third-order valence-corrected chi connectivity index (χ3v) is 3.49.